The quantitative estimate of drug-likeness (QED) is 0.0323. The number of ether oxygens (including phenoxy) is 3. The standard InChI is InChI=1S/C47H84N7O21P3S/c1-31(71-46-34(56)26-33(55)32(2)72-46)20-18-16-14-12-10-8-6-5-7-9-11-13-15-17-19-21-37(58)79-25-24-49-36(57)22-23-50-44(61)41(60)47(3,4)28-70-78(67,68)75-77(65,66)69-27-35-40(74-76(62,63)64)39(59)45(73-35)54-30-53-38-42(48)51-29-52-43(38)54/h29-35,39-41,45-46,55-56,59-60H,5-28H2,1-4H3,(H,49,57)(H,50,61)(H,65,66)(H,67,68)(H2,48,51,52)(H2,62,63,64)/t31-,32+,33-,34-,35-,39-,40-,41+,45-,46-/m1/s1. The van der Waals surface area contributed by atoms with Crippen LogP contribution in [0.25, 0.3) is 11.2 Å². The Labute approximate surface area is 464 Å². The number of aliphatic hydroxyl groups is 4. The average Bonchev–Trinajstić information content (AvgIpc) is 4.09. The molecule has 4 heterocycles. The fourth-order valence-corrected chi connectivity index (χ4v) is 12.3. The van der Waals surface area contributed by atoms with Gasteiger partial charge in [-0.15, -0.1) is 0 Å². The van der Waals surface area contributed by atoms with E-state index in [1.807, 2.05) is 6.92 Å². The highest BCUT2D eigenvalue weighted by atomic mass is 32.2. The molecule has 4 rings (SSSR count). The van der Waals surface area contributed by atoms with E-state index in [-0.39, 0.29) is 60.2 Å². The van der Waals surface area contributed by atoms with Gasteiger partial charge in [-0.1, -0.05) is 116 Å². The van der Waals surface area contributed by atoms with E-state index >= 15 is 0 Å². The van der Waals surface area contributed by atoms with E-state index in [9.17, 15) is 68.1 Å². The van der Waals surface area contributed by atoms with Crippen molar-refractivity contribution in [2.24, 2.45) is 5.41 Å². The van der Waals surface area contributed by atoms with Crippen molar-refractivity contribution in [3.63, 3.8) is 0 Å². The number of amides is 2. The van der Waals surface area contributed by atoms with Crippen LogP contribution in [0.15, 0.2) is 12.7 Å². The number of thioether (sulfide) groups is 1. The van der Waals surface area contributed by atoms with Gasteiger partial charge in [0.05, 0.1) is 37.9 Å². The Morgan fingerprint density at radius 3 is 2.04 bits per heavy atom. The van der Waals surface area contributed by atoms with Crippen LogP contribution in [-0.4, -0.2) is 164 Å². The SMILES string of the molecule is C[C@H](CCCCCCCCCCCCCCCCCC(=O)SCCNC(=O)CCNC(=O)[C@H](O)C(C)(C)COP(=O)(O)OP(=O)(O)OC[C@H]1O[C@@H](n2cnc3c(N)ncnc32)[C@H](O)[C@@H]1OP(=O)(O)O)O[C@@H]1O[C@@H](C)[C@H](O)C[C@H]1O. The summed E-state index contributed by atoms with van der Waals surface area (Å²) in [6.07, 6.45) is 9.69. The second-order valence-electron chi connectivity index (χ2n) is 20.7. The van der Waals surface area contributed by atoms with Gasteiger partial charge in [0.25, 0.3) is 0 Å². The maximum atomic E-state index is 12.8. The number of aliphatic hydroxyl groups excluding tert-OH is 4. The molecule has 12 N–H and O–H groups in total. The van der Waals surface area contributed by atoms with Gasteiger partial charge < -0.3 is 70.6 Å². The van der Waals surface area contributed by atoms with E-state index in [1.165, 1.54) is 71.6 Å². The van der Waals surface area contributed by atoms with Gasteiger partial charge in [0, 0.05) is 43.5 Å². The molecule has 2 fully saturated rings. The van der Waals surface area contributed by atoms with Crippen LogP contribution in [0.4, 0.5) is 5.82 Å². The summed E-state index contributed by atoms with van der Waals surface area (Å²) in [5.41, 5.74) is 4.27. The van der Waals surface area contributed by atoms with Crippen molar-refractivity contribution < 1.29 is 100 Å². The van der Waals surface area contributed by atoms with Gasteiger partial charge in [0.2, 0.25) is 11.8 Å². The number of aromatic nitrogens is 4. The van der Waals surface area contributed by atoms with Crippen molar-refractivity contribution in [3.05, 3.63) is 12.7 Å². The number of rotatable bonds is 39. The first-order chi connectivity index (χ1) is 37.2. The number of nitrogens with zero attached hydrogens (tertiary/aromatic N) is 4. The number of hydrogen-bond acceptors (Lipinski definition) is 22. The van der Waals surface area contributed by atoms with Crippen LogP contribution in [0.5, 0.6) is 0 Å². The number of nitrogen functional groups attached to an aromatic ring is 1. The number of carbonyl (C=O) groups excluding carboxylic acids is 3. The average molecular weight is 1210 g/mol. The van der Waals surface area contributed by atoms with Crippen LogP contribution < -0.4 is 16.4 Å². The van der Waals surface area contributed by atoms with Gasteiger partial charge in [-0.25, -0.2) is 28.6 Å². The van der Waals surface area contributed by atoms with Crippen molar-refractivity contribution in [2.45, 2.75) is 211 Å². The normalized spacial score (nSPS) is 24.2. The molecule has 79 heavy (non-hydrogen) atoms. The number of fused-ring (bicyclic) bond motifs is 1. The smallest absolute Gasteiger partial charge is 0.390 e. The maximum absolute atomic E-state index is 12.8. The lowest BCUT2D eigenvalue weighted by atomic mass is 9.87. The molecular weight excluding hydrogens is 1120 g/mol. The van der Waals surface area contributed by atoms with Gasteiger partial charge in [0.1, 0.15) is 42.4 Å². The molecule has 454 valence electrons. The number of phosphoric ester groups is 3. The molecular formula is C47H84N7O21P3S. The summed E-state index contributed by atoms with van der Waals surface area (Å²) in [5, 5.41) is 46.7. The largest absolute Gasteiger partial charge is 0.481 e. The molecule has 2 aromatic heterocycles. The van der Waals surface area contributed by atoms with Crippen molar-refractivity contribution in [1.82, 2.24) is 30.2 Å². The number of nitrogens with one attached hydrogen (secondary N) is 2. The zero-order chi connectivity index (χ0) is 58.4. The minimum Gasteiger partial charge on any atom is -0.390 e. The van der Waals surface area contributed by atoms with Crippen LogP contribution in [0, 0.1) is 5.41 Å². The lowest BCUT2D eigenvalue weighted by Crippen LogP contribution is -2.48. The van der Waals surface area contributed by atoms with Crippen molar-refractivity contribution in [3.8, 4) is 0 Å². The fourth-order valence-electron chi connectivity index (χ4n) is 8.73. The second kappa shape index (κ2) is 33.6. The van der Waals surface area contributed by atoms with Gasteiger partial charge in [-0.3, -0.25) is 32.5 Å². The lowest BCUT2D eigenvalue weighted by Gasteiger charge is -2.36. The van der Waals surface area contributed by atoms with Crippen LogP contribution in [0.2, 0.25) is 0 Å². The van der Waals surface area contributed by atoms with Crippen LogP contribution in [-0.2, 0) is 60.2 Å². The van der Waals surface area contributed by atoms with Gasteiger partial charge >= 0.3 is 23.5 Å². The Kier molecular flexibility index (Phi) is 29.3. The Balaban J connectivity index is 0.972. The van der Waals surface area contributed by atoms with Gasteiger partial charge in [-0.2, -0.15) is 4.31 Å². The minimum absolute atomic E-state index is 0.00196. The Hall–Kier alpha value is -2.60. The third kappa shape index (κ3) is 25.0. The first-order valence-electron chi connectivity index (χ1n) is 26.9. The summed E-state index contributed by atoms with van der Waals surface area (Å²) < 4.78 is 74.1. The molecule has 32 heteroatoms. The highest BCUT2D eigenvalue weighted by molar-refractivity contribution is 8.13. The van der Waals surface area contributed by atoms with Gasteiger partial charge in [-0.05, 0) is 26.7 Å². The number of unbranched alkanes of at least 4 members (excludes halogenated alkanes) is 14. The highest BCUT2D eigenvalue weighted by Gasteiger charge is 2.50. The highest BCUT2D eigenvalue weighted by Crippen LogP contribution is 2.61. The molecule has 2 aliphatic rings. The molecule has 0 aromatic carbocycles. The van der Waals surface area contributed by atoms with Crippen LogP contribution in [0.3, 0.4) is 0 Å². The zero-order valence-corrected chi connectivity index (χ0v) is 48.9. The number of nitrogens with two attached hydrogens (primary N) is 1. The number of imidazole rings is 1. The zero-order valence-electron chi connectivity index (χ0n) is 45.4. The second-order valence-corrected chi connectivity index (χ2v) is 26.0. The predicted molar refractivity (Wildman–Crippen MR) is 287 cm³/mol. The molecule has 0 radical (unpaired) electrons. The Morgan fingerprint density at radius 2 is 1.42 bits per heavy atom. The molecule has 2 aromatic rings. The molecule has 2 amide bonds. The van der Waals surface area contributed by atoms with E-state index in [0.29, 0.717) is 12.2 Å². The minimum atomic E-state index is -5.59. The summed E-state index contributed by atoms with van der Waals surface area (Å²) >= 11 is 1.14. The number of anilines is 1. The molecule has 0 saturated carbocycles. The summed E-state index contributed by atoms with van der Waals surface area (Å²) in [7, 11) is -16.4. The van der Waals surface area contributed by atoms with Crippen LogP contribution in [0.1, 0.15) is 156 Å². The fraction of sp³-hybridized carbons (Fsp3) is 0.830. The molecule has 2 unspecified atom stereocenters. The third-order valence-electron chi connectivity index (χ3n) is 13.3. The number of phosphoric acid groups is 3. The maximum Gasteiger partial charge on any atom is 0.481 e. The topological polar surface area (TPSA) is 423 Å². The van der Waals surface area contributed by atoms with Gasteiger partial charge in [0.15, 0.2) is 29.1 Å². The molecule has 2 aliphatic heterocycles. The van der Waals surface area contributed by atoms with Crippen molar-refractivity contribution >= 4 is 69.1 Å². The van der Waals surface area contributed by atoms with E-state index < -0.39 is 103 Å². The van der Waals surface area contributed by atoms with E-state index in [0.717, 1.165) is 73.9 Å². The first kappa shape index (κ1) is 68.9. The van der Waals surface area contributed by atoms with E-state index in [1.54, 1.807) is 6.92 Å². The number of carbonyl (C=O) groups is 3. The molecule has 12 atom stereocenters. The molecule has 0 aliphatic carbocycles. The summed E-state index contributed by atoms with van der Waals surface area (Å²) in [6, 6.07) is 0. The molecule has 2 saturated heterocycles. The summed E-state index contributed by atoms with van der Waals surface area (Å²) in [4.78, 5) is 88.7. The van der Waals surface area contributed by atoms with E-state index in [2.05, 4.69) is 34.4 Å². The predicted octanol–water partition coefficient (Wildman–Crippen LogP) is 4.56. The third-order valence-corrected chi connectivity index (χ3v) is 17.3. The first-order valence-corrected chi connectivity index (χ1v) is 32.4. The van der Waals surface area contributed by atoms with E-state index in [4.69, 9.17) is 29.0 Å². The number of hydrogen-bond donors (Lipinski definition) is 11. The molecule has 0 bridgehead atoms. The summed E-state index contributed by atoms with van der Waals surface area (Å²) in [6.45, 7) is 4.32. The summed E-state index contributed by atoms with van der Waals surface area (Å²) in [5.74, 6) is -1.06. The van der Waals surface area contributed by atoms with Crippen molar-refractivity contribution in [2.75, 3.05) is 37.8 Å². The Bertz CT molecular complexity index is 2340. The Morgan fingerprint density at radius 1 is 0.823 bits per heavy atom. The van der Waals surface area contributed by atoms with Crippen molar-refractivity contribution in [1.29, 1.82) is 0 Å². The molecule has 0 spiro atoms. The molecule has 28 nitrogen and oxygen atoms in total. The van der Waals surface area contributed by atoms with Crippen LogP contribution >= 0.6 is 35.2 Å². The lowest BCUT2D eigenvalue weighted by molar-refractivity contribution is -0.273. The monoisotopic (exact) mass is 1210 g/mol.